The van der Waals surface area contributed by atoms with E-state index in [1.54, 1.807) is 18.5 Å². The molecule has 0 aliphatic rings. The fourth-order valence-corrected chi connectivity index (χ4v) is 2.05. The van der Waals surface area contributed by atoms with Crippen LogP contribution in [0.1, 0.15) is 16.2 Å². The van der Waals surface area contributed by atoms with E-state index in [4.69, 9.17) is 0 Å². The molecule has 0 spiro atoms. The summed E-state index contributed by atoms with van der Waals surface area (Å²) in [6.45, 7) is 0.410. The quantitative estimate of drug-likeness (QED) is 0.787. The highest BCUT2D eigenvalue weighted by Crippen LogP contribution is 2.13. The Hall–Kier alpha value is -2.69. The lowest BCUT2D eigenvalue weighted by atomic mass is 10.1. The molecule has 1 N–H and O–H groups in total. The fourth-order valence-electron chi connectivity index (χ4n) is 2.05. The lowest BCUT2D eigenvalue weighted by molar-refractivity contribution is 0.0950. The highest BCUT2D eigenvalue weighted by atomic mass is 16.1. The minimum absolute atomic E-state index is 0.112. The van der Waals surface area contributed by atoms with Crippen LogP contribution in [-0.2, 0) is 13.6 Å². The van der Waals surface area contributed by atoms with Gasteiger partial charge in [-0.15, -0.1) is 0 Å². The summed E-state index contributed by atoms with van der Waals surface area (Å²) in [6.07, 6.45) is 5.30. The summed E-state index contributed by atoms with van der Waals surface area (Å²) in [6, 6.07) is 9.28. The first kappa shape index (κ1) is 12.3. The second-order valence-corrected chi connectivity index (χ2v) is 4.55. The maximum Gasteiger partial charge on any atom is 0.251 e. The number of nitrogens with one attached hydrogen (secondary N) is 1. The van der Waals surface area contributed by atoms with E-state index in [9.17, 15) is 4.79 Å². The normalized spacial score (nSPS) is 10.7. The lowest BCUT2D eigenvalue weighted by Gasteiger charge is -2.06. The molecule has 3 rings (SSSR count). The third-order valence-corrected chi connectivity index (χ3v) is 3.19. The Kier molecular flexibility index (Phi) is 3.16. The summed E-state index contributed by atoms with van der Waals surface area (Å²) in [4.78, 5) is 20.5. The van der Waals surface area contributed by atoms with Crippen molar-refractivity contribution in [3.63, 3.8) is 0 Å². The standard InChI is InChI=1S/C15H14N4O/c1-19-8-7-17-14(19)10-18-15(20)12-4-5-13-11(9-12)3-2-6-16-13/h2-9H,10H2,1H3,(H,18,20). The number of aromatic nitrogens is 3. The van der Waals surface area contributed by atoms with Crippen molar-refractivity contribution in [1.82, 2.24) is 19.9 Å². The van der Waals surface area contributed by atoms with Crippen molar-refractivity contribution >= 4 is 16.8 Å². The Labute approximate surface area is 116 Å². The number of imidazole rings is 1. The molecule has 0 aliphatic heterocycles. The van der Waals surface area contributed by atoms with E-state index in [1.807, 2.05) is 42.1 Å². The van der Waals surface area contributed by atoms with Gasteiger partial charge in [-0.1, -0.05) is 6.07 Å². The third-order valence-electron chi connectivity index (χ3n) is 3.19. The number of fused-ring (bicyclic) bond motifs is 1. The van der Waals surface area contributed by atoms with E-state index >= 15 is 0 Å². The smallest absolute Gasteiger partial charge is 0.251 e. The monoisotopic (exact) mass is 266 g/mol. The van der Waals surface area contributed by atoms with Crippen molar-refractivity contribution in [1.29, 1.82) is 0 Å². The van der Waals surface area contributed by atoms with Crippen LogP contribution in [-0.4, -0.2) is 20.4 Å². The molecule has 5 heteroatoms. The Balaban J connectivity index is 1.77. The van der Waals surface area contributed by atoms with Crippen LogP contribution in [0, 0.1) is 0 Å². The first-order valence-corrected chi connectivity index (χ1v) is 6.33. The van der Waals surface area contributed by atoms with Crippen molar-refractivity contribution in [3.05, 3.63) is 60.3 Å². The molecule has 0 radical (unpaired) electrons. The molecule has 3 aromatic rings. The molecule has 0 aliphatic carbocycles. The zero-order valence-electron chi connectivity index (χ0n) is 11.1. The first-order chi connectivity index (χ1) is 9.74. The van der Waals surface area contributed by atoms with Crippen LogP contribution in [0.2, 0.25) is 0 Å². The minimum atomic E-state index is -0.112. The summed E-state index contributed by atoms with van der Waals surface area (Å²) in [5, 5.41) is 3.82. The summed E-state index contributed by atoms with van der Waals surface area (Å²) in [7, 11) is 1.90. The van der Waals surface area contributed by atoms with Crippen molar-refractivity contribution < 1.29 is 4.79 Å². The van der Waals surface area contributed by atoms with Crippen LogP contribution in [0.5, 0.6) is 0 Å². The molecule has 100 valence electrons. The molecule has 2 aromatic heterocycles. The van der Waals surface area contributed by atoms with Gasteiger partial charge in [0.05, 0.1) is 12.1 Å². The number of benzene rings is 1. The van der Waals surface area contributed by atoms with Gasteiger partial charge in [0.1, 0.15) is 5.82 Å². The van der Waals surface area contributed by atoms with Gasteiger partial charge in [0.2, 0.25) is 0 Å². The molecule has 0 saturated heterocycles. The largest absolute Gasteiger partial charge is 0.345 e. The van der Waals surface area contributed by atoms with Gasteiger partial charge in [0.25, 0.3) is 5.91 Å². The zero-order valence-corrected chi connectivity index (χ0v) is 11.1. The number of rotatable bonds is 3. The maximum atomic E-state index is 12.1. The van der Waals surface area contributed by atoms with Crippen LogP contribution in [0.25, 0.3) is 10.9 Å². The van der Waals surface area contributed by atoms with Gasteiger partial charge in [-0.2, -0.15) is 0 Å². The number of aryl methyl sites for hydroxylation is 1. The van der Waals surface area contributed by atoms with Crippen LogP contribution in [0.3, 0.4) is 0 Å². The van der Waals surface area contributed by atoms with Crippen molar-refractivity contribution in [2.75, 3.05) is 0 Å². The molecule has 5 nitrogen and oxygen atoms in total. The molecule has 0 saturated carbocycles. The minimum Gasteiger partial charge on any atom is -0.345 e. The number of carbonyl (C=O) groups excluding carboxylic acids is 1. The summed E-state index contributed by atoms with van der Waals surface area (Å²) < 4.78 is 1.88. The average Bonchev–Trinajstić information content (AvgIpc) is 2.89. The zero-order chi connectivity index (χ0) is 13.9. The Morgan fingerprint density at radius 3 is 2.95 bits per heavy atom. The Bertz CT molecular complexity index is 763. The molecular formula is C15H14N4O. The van der Waals surface area contributed by atoms with Crippen molar-refractivity contribution in [2.24, 2.45) is 7.05 Å². The lowest BCUT2D eigenvalue weighted by Crippen LogP contribution is -2.24. The van der Waals surface area contributed by atoms with Crippen LogP contribution < -0.4 is 5.32 Å². The van der Waals surface area contributed by atoms with E-state index in [1.165, 1.54) is 0 Å². The topological polar surface area (TPSA) is 59.8 Å². The van der Waals surface area contributed by atoms with Crippen LogP contribution >= 0.6 is 0 Å². The first-order valence-electron chi connectivity index (χ1n) is 6.33. The average molecular weight is 266 g/mol. The van der Waals surface area contributed by atoms with Gasteiger partial charge >= 0.3 is 0 Å². The van der Waals surface area contributed by atoms with E-state index < -0.39 is 0 Å². The van der Waals surface area contributed by atoms with Crippen LogP contribution in [0.15, 0.2) is 48.9 Å². The second-order valence-electron chi connectivity index (χ2n) is 4.55. The number of hydrogen-bond acceptors (Lipinski definition) is 3. The Morgan fingerprint density at radius 2 is 2.15 bits per heavy atom. The number of amides is 1. The van der Waals surface area contributed by atoms with Crippen molar-refractivity contribution in [3.8, 4) is 0 Å². The van der Waals surface area contributed by atoms with Gasteiger partial charge in [-0.3, -0.25) is 9.78 Å². The summed E-state index contributed by atoms with van der Waals surface area (Å²) >= 11 is 0. The molecule has 2 heterocycles. The van der Waals surface area contributed by atoms with Gasteiger partial charge in [-0.25, -0.2) is 4.98 Å². The maximum absolute atomic E-state index is 12.1. The number of carbonyl (C=O) groups is 1. The number of pyridine rings is 1. The highest BCUT2D eigenvalue weighted by molar-refractivity contribution is 5.97. The molecular weight excluding hydrogens is 252 g/mol. The number of nitrogens with zero attached hydrogens (tertiary/aromatic N) is 3. The van der Waals surface area contributed by atoms with Gasteiger partial charge in [0, 0.05) is 36.6 Å². The molecule has 20 heavy (non-hydrogen) atoms. The Morgan fingerprint density at radius 1 is 1.25 bits per heavy atom. The third kappa shape index (κ3) is 2.38. The molecule has 0 bridgehead atoms. The van der Waals surface area contributed by atoms with Gasteiger partial charge in [-0.05, 0) is 24.3 Å². The molecule has 0 unspecified atom stereocenters. The summed E-state index contributed by atoms with van der Waals surface area (Å²) in [5.74, 6) is 0.708. The number of hydrogen-bond donors (Lipinski definition) is 1. The van der Waals surface area contributed by atoms with E-state index in [-0.39, 0.29) is 5.91 Å². The molecule has 0 atom stereocenters. The van der Waals surface area contributed by atoms with Gasteiger partial charge < -0.3 is 9.88 Å². The van der Waals surface area contributed by atoms with E-state index in [0.29, 0.717) is 12.1 Å². The highest BCUT2D eigenvalue weighted by Gasteiger charge is 2.07. The van der Waals surface area contributed by atoms with Gasteiger partial charge in [0.15, 0.2) is 0 Å². The molecule has 1 aromatic carbocycles. The van der Waals surface area contributed by atoms with E-state index in [2.05, 4.69) is 15.3 Å². The molecule has 1 amide bonds. The fraction of sp³-hybridized carbons (Fsp3) is 0.133. The van der Waals surface area contributed by atoms with E-state index in [0.717, 1.165) is 16.7 Å². The van der Waals surface area contributed by atoms with Crippen LogP contribution in [0.4, 0.5) is 0 Å². The predicted molar refractivity (Wildman–Crippen MR) is 76.1 cm³/mol. The summed E-state index contributed by atoms with van der Waals surface area (Å²) in [5.41, 5.74) is 1.51. The SMILES string of the molecule is Cn1ccnc1CNC(=O)c1ccc2ncccc2c1. The predicted octanol–water partition coefficient (Wildman–Crippen LogP) is 1.90. The second kappa shape index (κ2) is 5.13. The van der Waals surface area contributed by atoms with Crippen molar-refractivity contribution in [2.45, 2.75) is 6.54 Å². The molecule has 0 fully saturated rings.